The van der Waals surface area contributed by atoms with Gasteiger partial charge in [-0.15, -0.1) is 0 Å². The Bertz CT molecular complexity index is 584. The van der Waals surface area contributed by atoms with E-state index in [9.17, 15) is 4.79 Å². The molecule has 0 spiro atoms. The summed E-state index contributed by atoms with van der Waals surface area (Å²) in [6.07, 6.45) is 4.46. The normalized spacial score (nSPS) is 21.2. The van der Waals surface area contributed by atoms with Gasteiger partial charge in [0.15, 0.2) is 0 Å². The van der Waals surface area contributed by atoms with Gasteiger partial charge in [-0.3, -0.25) is 4.90 Å². The first-order valence-corrected chi connectivity index (χ1v) is 10.4. The summed E-state index contributed by atoms with van der Waals surface area (Å²) in [5.41, 5.74) is 1.26. The van der Waals surface area contributed by atoms with Crippen LogP contribution in [0, 0.1) is 0 Å². The monoisotopic (exact) mass is 374 g/mol. The van der Waals surface area contributed by atoms with Gasteiger partial charge in [0.05, 0.1) is 7.11 Å². The Labute approximate surface area is 163 Å². The molecule has 2 saturated heterocycles. The Morgan fingerprint density at radius 2 is 1.89 bits per heavy atom. The van der Waals surface area contributed by atoms with Crippen molar-refractivity contribution < 1.29 is 9.53 Å². The van der Waals surface area contributed by atoms with Gasteiger partial charge in [0.25, 0.3) is 0 Å². The summed E-state index contributed by atoms with van der Waals surface area (Å²) in [6, 6.07) is 8.93. The number of nitrogens with one attached hydrogen (secondary N) is 1. The lowest BCUT2D eigenvalue weighted by Gasteiger charge is -2.43. The Morgan fingerprint density at radius 1 is 1.15 bits per heavy atom. The predicted molar refractivity (Wildman–Crippen MR) is 110 cm³/mol. The summed E-state index contributed by atoms with van der Waals surface area (Å²) in [6.45, 7) is 8.87. The number of carbonyl (C=O) groups is 1. The molecule has 3 rings (SSSR count). The second-order valence-electron chi connectivity index (χ2n) is 7.55. The van der Waals surface area contributed by atoms with E-state index in [0.717, 1.165) is 70.8 Å². The Hall–Kier alpha value is -1.95. The number of methoxy groups -OCH3 is 1. The topological polar surface area (TPSA) is 48.1 Å². The molecule has 6 heteroatoms. The van der Waals surface area contributed by atoms with Gasteiger partial charge in [-0.05, 0) is 43.5 Å². The largest absolute Gasteiger partial charge is 0.497 e. The van der Waals surface area contributed by atoms with Crippen LogP contribution in [0.1, 0.15) is 32.6 Å². The quantitative estimate of drug-likeness (QED) is 0.778. The molecule has 1 N–H and O–H groups in total. The fourth-order valence-corrected chi connectivity index (χ4v) is 4.06. The molecule has 0 aliphatic carbocycles. The highest BCUT2D eigenvalue weighted by Crippen LogP contribution is 2.23. The standard InChI is InChI=1S/C21H34N4O2/c1-3-4-11-22-21(26)25-12-5-6-19(17-25)24-15-13-23(14-16-24)18-7-9-20(27-2)10-8-18/h7-10,19H,3-6,11-17H2,1-2H3,(H,22,26)/t19-/m1/s1. The highest BCUT2D eigenvalue weighted by molar-refractivity contribution is 5.74. The number of piperazine rings is 1. The number of amides is 2. The number of likely N-dealkylation sites (tertiary alicyclic amines) is 1. The van der Waals surface area contributed by atoms with Crippen molar-refractivity contribution in [3.63, 3.8) is 0 Å². The lowest BCUT2D eigenvalue weighted by atomic mass is 10.0. The highest BCUT2D eigenvalue weighted by Gasteiger charge is 2.29. The second kappa shape index (κ2) is 9.83. The number of urea groups is 1. The van der Waals surface area contributed by atoms with E-state index in [1.54, 1.807) is 7.11 Å². The fraction of sp³-hybridized carbons (Fsp3) is 0.667. The van der Waals surface area contributed by atoms with Crippen molar-refractivity contribution in [2.45, 2.75) is 38.6 Å². The van der Waals surface area contributed by atoms with Crippen LogP contribution in [0.15, 0.2) is 24.3 Å². The number of carbonyl (C=O) groups excluding carboxylic acids is 1. The number of unbranched alkanes of at least 4 members (excludes halogenated alkanes) is 1. The molecule has 0 aromatic heterocycles. The maximum Gasteiger partial charge on any atom is 0.317 e. The Balaban J connectivity index is 1.47. The molecule has 1 atom stereocenters. The van der Waals surface area contributed by atoms with Gasteiger partial charge in [-0.1, -0.05) is 13.3 Å². The smallest absolute Gasteiger partial charge is 0.317 e. The van der Waals surface area contributed by atoms with Gasteiger partial charge in [0.2, 0.25) is 0 Å². The molecule has 0 radical (unpaired) electrons. The van der Waals surface area contributed by atoms with Gasteiger partial charge in [0, 0.05) is 57.5 Å². The van der Waals surface area contributed by atoms with Crippen molar-refractivity contribution in [3.8, 4) is 5.75 Å². The van der Waals surface area contributed by atoms with Crippen LogP contribution < -0.4 is 15.0 Å². The van der Waals surface area contributed by atoms with Gasteiger partial charge < -0.3 is 19.9 Å². The number of hydrogen-bond donors (Lipinski definition) is 1. The number of anilines is 1. The van der Waals surface area contributed by atoms with Crippen LogP contribution in [-0.2, 0) is 0 Å². The zero-order valence-electron chi connectivity index (χ0n) is 16.8. The summed E-state index contributed by atoms with van der Waals surface area (Å²) in [5, 5.41) is 3.06. The molecule has 2 amide bonds. The third kappa shape index (κ3) is 5.28. The predicted octanol–water partition coefficient (Wildman–Crippen LogP) is 2.79. The van der Waals surface area contributed by atoms with E-state index < -0.39 is 0 Å². The molecule has 2 aliphatic rings. The molecule has 2 heterocycles. The van der Waals surface area contributed by atoms with Gasteiger partial charge in [-0.2, -0.15) is 0 Å². The average molecular weight is 375 g/mol. The molecular weight excluding hydrogens is 340 g/mol. The summed E-state index contributed by atoms with van der Waals surface area (Å²) < 4.78 is 5.25. The van der Waals surface area contributed by atoms with Gasteiger partial charge in [-0.25, -0.2) is 4.79 Å². The summed E-state index contributed by atoms with van der Waals surface area (Å²) >= 11 is 0. The summed E-state index contributed by atoms with van der Waals surface area (Å²) in [5.74, 6) is 0.900. The molecule has 6 nitrogen and oxygen atoms in total. The number of hydrogen-bond acceptors (Lipinski definition) is 4. The van der Waals surface area contributed by atoms with E-state index in [0.29, 0.717) is 6.04 Å². The SMILES string of the molecule is CCCCNC(=O)N1CCC[C@@H](N2CCN(c3ccc(OC)cc3)CC2)C1. The van der Waals surface area contributed by atoms with Crippen LogP contribution in [-0.4, -0.2) is 74.8 Å². The zero-order chi connectivity index (χ0) is 19.1. The summed E-state index contributed by atoms with van der Waals surface area (Å²) in [4.78, 5) is 19.4. The molecule has 2 aliphatic heterocycles. The van der Waals surface area contributed by atoms with Crippen LogP contribution in [0.25, 0.3) is 0 Å². The first-order valence-electron chi connectivity index (χ1n) is 10.4. The maximum absolute atomic E-state index is 12.4. The number of piperidine rings is 1. The average Bonchev–Trinajstić information content (AvgIpc) is 2.74. The van der Waals surface area contributed by atoms with Crippen LogP contribution >= 0.6 is 0 Å². The van der Waals surface area contributed by atoms with Crippen LogP contribution in [0.5, 0.6) is 5.75 Å². The lowest BCUT2D eigenvalue weighted by molar-refractivity contribution is 0.104. The van der Waals surface area contributed by atoms with Crippen LogP contribution in [0.3, 0.4) is 0 Å². The van der Waals surface area contributed by atoms with E-state index >= 15 is 0 Å². The number of ether oxygens (including phenoxy) is 1. The minimum atomic E-state index is 0.116. The lowest BCUT2D eigenvalue weighted by Crippen LogP contribution is -2.57. The van der Waals surface area contributed by atoms with Crippen molar-refractivity contribution in [2.75, 3.05) is 57.8 Å². The van der Waals surface area contributed by atoms with Gasteiger partial charge in [0.1, 0.15) is 5.75 Å². The van der Waals surface area contributed by atoms with Crippen molar-refractivity contribution in [2.24, 2.45) is 0 Å². The van der Waals surface area contributed by atoms with Crippen LogP contribution in [0.4, 0.5) is 10.5 Å². The maximum atomic E-state index is 12.4. The van der Waals surface area contributed by atoms with Crippen molar-refractivity contribution in [1.29, 1.82) is 0 Å². The minimum absolute atomic E-state index is 0.116. The molecule has 27 heavy (non-hydrogen) atoms. The van der Waals surface area contributed by atoms with Crippen molar-refractivity contribution >= 4 is 11.7 Å². The second-order valence-corrected chi connectivity index (χ2v) is 7.55. The Kier molecular flexibility index (Phi) is 7.21. The van der Waals surface area contributed by atoms with E-state index in [2.05, 4.69) is 34.2 Å². The first kappa shape index (κ1) is 19.8. The molecule has 1 aromatic carbocycles. The third-order valence-electron chi connectivity index (χ3n) is 5.76. The van der Waals surface area contributed by atoms with Gasteiger partial charge >= 0.3 is 6.03 Å². The molecule has 0 bridgehead atoms. The van der Waals surface area contributed by atoms with Crippen molar-refractivity contribution in [1.82, 2.24) is 15.1 Å². The van der Waals surface area contributed by atoms with E-state index in [4.69, 9.17) is 4.74 Å². The third-order valence-corrected chi connectivity index (χ3v) is 5.76. The van der Waals surface area contributed by atoms with E-state index in [-0.39, 0.29) is 6.03 Å². The number of rotatable bonds is 6. The zero-order valence-corrected chi connectivity index (χ0v) is 16.8. The molecule has 150 valence electrons. The first-order chi connectivity index (χ1) is 13.2. The fourth-order valence-electron chi connectivity index (χ4n) is 4.06. The van der Waals surface area contributed by atoms with E-state index in [1.165, 1.54) is 12.1 Å². The number of nitrogens with zero attached hydrogens (tertiary/aromatic N) is 3. The Morgan fingerprint density at radius 3 is 2.56 bits per heavy atom. The molecule has 0 saturated carbocycles. The number of benzene rings is 1. The van der Waals surface area contributed by atoms with E-state index in [1.807, 2.05) is 17.0 Å². The van der Waals surface area contributed by atoms with Crippen molar-refractivity contribution in [3.05, 3.63) is 24.3 Å². The molecular formula is C21H34N4O2. The highest BCUT2D eigenvalue weighted by atomic mass is 16.5. The molecule has 2 fully saturated rings. The van der Waals surface area contributed by atoms with Crippen LogP contribution in [0.2, 0.25) is 0 Å². The summed E-state index contributed by atoms with van der Waals surface area (Å²) in [7, 11) is 1.70. The molecule has 1 aromatic rings. The minimum Gasteiger partial charge on any atom is -0.497 e. The molecule has 0 unspecified atom stereocenters.